The summed E-state index contributed by atoms with van der Waals surface area (Å²) < 4.78 is 13.2. The predicted molar refractivity (Wildman–Crippen MR) is 107 cm³/mol. The molecule has 1 saturated heterocycles. The van der Waals surface area contributed by atoms with E-state index >= 15 is 0 Å². The van der Waals surface area contributed by atoms with E-state index in [0.717, 1.165) is 0 Å². The van der Waals surface area contributed by atoms with Crippen molar-refractivity contribution in [3.63, 3.8) is 0 Å². The zero-order valence-corrected chi connectivity index (χ0v) is 16.6. The van der Waals surface area contributed by atoms with Gasteiger partial charge in [-0.25, -0.2) is 4.39 Å². The smallest absolute Gasteiger partial charge is 0.254 e. The maximum absolute atomic E-state index is 13.2. The van der Waals surface area contributed by atoms with E-state index in [1.165, 1.54) is 24.3 Å². The molecule has 1 fully saturated rings. The van der Waals surface area contributed by atoms with Gasteiger partial charge in [-0.15, -0.1) is 0 Å². The van der Waals surface area contributed by atoms with Crippen LogP contribution in [-0.2, 0) is 4.79 Å². The SMILES string of the molecule is CN(C)CC(=O)N1CCN(C(=O)c2ccccc2C(=O)c2ccc(F)cc2)CC1. The van der Waals surface area contributed by atoms with Crippen LogP contribution >= 0.6 is 0 Å². The van der Waals surface area contributed by atoms with Crippen molar-refractivity contribution in [2.75, 3.05) is 46.8 Å². The maximum atomic E-state index is 13.2. The minimum absolute atomic E-state index is 0.0361. The fraction of sp³-hybridized carbons (Fsp3) is 0.318. The number of halogens is 1. The van der Waals surface area contributed by atoms with Gasteiger partial charge in [0, 0.05) is 37.3 Å². The highest BCUT2D eigenvalue weighted by molar-refractivity contribution is 6.15. The van der Waals surface area contributed by atoms with Crippen molar-refractivity contribution in [3.05, 3.63) is 71.0 Å². The number of benzene rings is 2. The number of piperazine rings is 1. The van der Waals surface area contributed by atoms with Gasteiger partial charge >= 0.3 is 0 Å². The average Bonchev–Trinajstić information content (AvgIpc) is 2.73. The molecule has 0 bridgehead atoms. The average molecular weight is 397 g/mol. The van der Waals surface area contributed by atoms with Crippen LogP contribution in [0.3, 0.4) is 0 Å². The van der Waals surface area contributed by atoms with Crippen molar-refractivity contribution in [2.24, 2.45) is 0 Å². The molecule has 0 atom stereocenters. The van der Waals surface area contributed by atoms with E-state index in [1.54, 1.807) is 34.1 Å². The Morgan fingerprint density at radius 3 is 2.00 bits per heavy atom. The number of ketones is 1. The molecule has 7 heteroatoms. The predicted octanol–water partition coefficient (Wildman–Crippen LogP) is 1.90. The van der Waals surface area contributed by atoms with Gasteiger partial charge in [-0.05, 0) is 44.4 Å². The lowest BCUT2D eigenvalue weighted by Crippen LogP contribution is -2.52. The van der Waals surface area contributed by atoms with E-state index in [2.05, 4.69) is 0 Å². The van der Waals surface area contributed by atoms with E-state index in [9.17, 15) is 18.8 Å². The second-order valence-corrected chi connectivity index (χ2v) is 7.29. The summed E-state index contributed by atoms with van der Waals surface area (Å²) >= 11 is 0. The zero-order chi connectivity index (χ0) is 21.0. The number of nitrogens with zero attached hydrogens (tertiary/aromatic N) is 3. The number of likely N-dealkylation sites (N-methyl/N-ethyl adjacent to an activating group) is 1. The molecule has 1 aliphatic heterocycles. The van der Waals surface area contributed by atoms with Crippen LogP contribution in [0.1, 0.15) is 26.3 Å². The number of carbonyl (C=O) groups excluding carboxylic acids is 3. The first kappa shape index (κ1) is 20.7. The zero-order valence-electron chi connectivity index (χ0n) is 16.6. The van der Waals surface area contributed by atoms with Crippen LogP contribution in [0, 0.1) is 5.82 Å². The van der Waals surface area contributed by atoms with Crippen molar-refractivity contribution < 1.29 is 18.8 Å². The fourth-order valence-corrected chi connectivity index (χ4v) is 3.32. The van der Waals surface area contributed by atoms with Crippen LogP contribution in [0.4, 0.5) is 4.39 Å². The Balaban J connectivity index is 1.73. The Kier molecular flexibility index (Phi) is 6.39. The number of hydrogen-bond donors (Lipinski definition) is 0. The van der Waals surface area contributed by atoms with Crippen LogP contribution in [0.15, 0.2) is 48.5 Å². The first-order chi connectivity index (χ1) is 13.9. The van der Waals surface area contributed by atoms with Gasteiger partial charge in [0.05, 0.1) is 12.1 Å². The largest absolute Gasteiger partial charge is 0.338 e. The highest BCUT2D eigenvalue weighted by Crippen LogP contribution is 2.18. The van der Waals surface area contributed by atoms with Gasteiger partial charge in [-0.3, -0.25) is 14.4 Å². The molecule has 2 amide bonds. The van der Waals surface area contributed by atoms with Crippen LogP contribution < -0.4 is 0 Å². The van der Waals surface area contributed by atoms with Crippen LogP contribution in [0.2, 0.25) is 0 Å². The Bertz CT molecular complexity index is 904. The molecule has 29 heavy (non-hydrogen) atoms. The lowest BCUT2D eigenvalue weighted by atomic mass is 9.97. The summed E-state index contributed by atoms with van der Waals surface area (Å²) in [5.74, 6) is -0.953. The van der Waals surface area contributed by atoms with Gasteiger partial charge < -0.3 is 14.7 Å². The Hall–Kier alpha value is -3.06. The van der Waals surface area contributed by atoms with Gasteiger partial charge in [0.15, 0.2) is 5.78 Å². The van der Waals surface area contributed by atoms with Crippen LogP contribution in [0.25, 0.3) is 0 Å². The highest BCUT2D eigenvalue weighted by Gasteiger charge is 2.27. The summed E-state index contributed by atoms with van der Waals surface area (Å²) in [5.41, 5.74) is 0.927. The molecule has 152 valence electrons. The minimum atomic E-state index is -0.424. The minimum Gasteiger partial charge on any atom is -0.338 e. The molecule has 3 rings (SSSR count). The Morgan fingerprint density at radius 1 is 0.862 bits per heavy atom. The lowest BCUT2D eigenvalue weighted by Gasteiger charge is -2.35. The van der Waals surface area contributed by atoms with Crippen molar-refractivity contribution in [2.45, 2.75) is 0 Å². The molecule has 1 aliphatic rings. The normalized spacial score (nSPS) is 14.2. The Labute approximate surface area is 169 Å². The van der Waals surface area contributed by atoms with E-state index in [1.807, 2.05) is 19.0 Å². The van der Waals surface area contributed by atoms with Crippen molar-refractivity contribution in [1.29, 1.82) is 0 Å². The van der Waals surface area contributed by atoms with E-state index in [-0.39, 0.29) is 23.2 Å². The summed E-state index contributed by atoms with van der Waals surface area (Å²) in [6, 6.07) is 11.9. The second-order valence-electron chi connectivity index (χ2n) is 7.29. The van der Waals surface area contributed by atoms with Crippen LogP contribution in [0.5, 0.6) is 0 Å². The van der Waals surface area contributed by atoms with E-state index < -0.39 is 5.82 Å². The number of amides is 2. The van der Waals surface area contributed by atoms with Gasteiger partial charge in [0.2, 0.25) is 5.91 Å². The standard InChI is InChI=1S/C22H24FN3O3/c1-24(2)15-20(27)25-11-13-26(14-12-25)22(29)19-6-4-3-5-18(19)21(28)16-7-9-17(23)10-8-16/h3-10H,11-15H2,1-2H3. The van der Waals surface area contributed by atoms with Crippen molar-refractivity contribution in [1.82, 2.24) is 14.7 Å². The van der Waals surface area contributed by atoms with E-state index in [0.29, 0.717) is 43.9 Å². The third kappa shape index (κ3) is 4.86. The monoisotopic (exact) mass is 397 g/mol. The van der Waals surface area contributed by atoms with Gasteiger partial charge in [0.1, 0.15) is 5.82 Å². The molecule has 0 aromatic heterocycles. The molecule has 2 aromatic carbocycles. The van der Waals surface area contributed by atoms with Crippen LogP contribution in [-0.4, -0.2) is 79.1 Å². The summed E-state index contributed by atoms with van der Waals surface area (Å²) in [6.07, 6.45) is 0. The summed E-state index contributed by atoms with van der Waals surface area (Å²) in [5, 5.41) is 0. The second kappa shape index (κ2) is 8.96. The molecule has 0 saturated carbocycles. The lowest BCUT2D eigenvalue weighted by molar-refractivity contribution is -0.133. The first-order valence-electron chi connectivity index (χ1n) is 9.48. The molecule has 0 radical (unpaired) electrons. The molecule has 0 unspecified atom stereocenters. The summed E-state index contributed by atoms with van der Waals surface area (Å²) in [7, 11) is 3.68. The molecule has 0 N–H and O–H groups in total. The fourth-order valence-electron chi connectivity index (χ4n) is 3.32. The molecule has 1 heterocycles. The maximum Gasteiger partial charge on any atom is 0.254 e. The number of rotatable bonds is 5. The van der Waals surface area contributed by atoms with Gasteiger partial charge in [0.25, 0.3) is 5.91 Å². The Morgan fingerprint density at radius 2 is 1.41 bits per heavy atom. The molecular weight excluding hydrogens is 373 g/mol. The summed E-state index contributed by atoms with van der Waals surface area (Å²) in [6.45, 7) is 2.09. The summed E-state index contributed by atoms with van der Waals surface area (Å²) in [4.78, 5) is 43.3. The van der Waals surface area contributed by atoms with Crippen molar-refractivity contribution in [3.8, 4) is 0 Å². The van der Waals surface area contributed by atoms with Gasteiger partial charge in [-0.1, -0.05) is 18.2 Å². The molecule has 6 nitrogen and oxygen atoms in total. The third-order valence-corrected chi connectivity index (χ3v) is 4.88. The molecular formula is C22H24FN3O3. The molecule has 2 aromatic rings. The van der Waals surface area contributed by atoms with Gasteiger partial charge in [-0.2, -0.15) is 0 Å². The molecule has 0 aliphatic carbocycles. The number of hydrogen-bond acceptors (Lipinski definition) is 4. The highest BCUT2D eigenvalue weighted by atomic mass is 19.1. The third-order valence-electron chi connectivity index (χ3n) is 4.88. The molecule has 0 spiro atoms. The topological polar surface area (TPSA) is 60.9 Å². The van der Waals surface area contributed by atoms with E-state index in [4.69, 9.17) is 0 Å². The number of carbonyl (C=O) groups is 3. The first-order valence-corrected chi connectivity index (χ1v) is 9.48. The quantitative estimate of drug-likeness (QED) is 0.723. The van der Waals surface area contributed by atoms with Crippen molar-refractivity contribution >= 4 is 17.6 Å².